The van der Waals surface area contributed by atoms with Crippen LogP contribution in [0.25, 0.3) is 0 Å². The molecule has 0 aromatic heterocycles. The highest BCUT2D eigenvalue weighted by molar-refractivity contribution is 5.74. The summed E-state index contributed by atoms with van der Waals surface area (Å²) >= 11 is 0. The molecule has 1 heterocycles. The van der Waals surface area contributed by atoms with E-state index in [0.717, 1.165) is 116 Å². The minimum absolute atomic E-state index is 0.0577. The predicted molar refractivity (Wildman–Crippen MR) is 331 cm³/mol. The summed E-state index contributed by atoms with van der Waals surface area (Å²) in [5.74, 6) is -3.16. The van der Waals surface area contributed by atoms with Crippen LogP contribution in [0.15, 0.2) is 72.9 Å². The van der Waals surface area contributed by atoms with Gasteiger partial charge in [-0.25, -0.2) is 4.79 Å². The third kappa shape index (κ3) is 46.3. The summed E-state index contributed by atoms with van der Waals surface area (Å²) in [6.45, 7) is 5.85. The molecule has 1 fully saturated rings. The molecule has 1 rings (SSSR count). The normalized spacial score (nSPS) is 18.2. The number of rotatable bonds is 56. The third-order valence-corrected chi connectivity index (χ3v) is 14.8. The van der Waals surface area contributed by atoms with Gasteiger partial charge < -0.3 is 39.0 Å². The number of aliphatic hydroxyl groups excluding tert-OH is 2. The van der Waals surface area contributed by atoms with Crippen molar-refractivity contribution in [2.45, 2.75) is 327 Å². The zero-order chi connectivity index (χ0) is 58.9. The van der Waals surface area contributed by atoms with Crippen LogP contribution in [0.3, 0.4) is 0 Å². The van der Waals surface area contributed by atoms with Crippen LogP contribution in [0.1, 0.15) is 290 Å². The van der Waals surface area contributed by atoms with E-state index in [1.54, 1.807) is 0 Å². The Morgan fingerprint density at radius 2 is 0.778 bits per heavy atom. The van der Waals surface area contributed by atoms with E-state index >= 15 is 0 Å². The first-order valence-electron chi connectivity index (χ1n) is 32.9. The quantitative estimate of drug-likeness (QED) is 0.0228. The molecule has 12 heteroatoms. The maximum absolute atomic E-state index is 13.2. The largest absolute Gasteiger partial charge is 0.479 e. The molecule has 6 unspecified atom stereocenters. The minimum Gasteiger partial charge on any atom is -0.479 e. The maximum atomic E-state index is 13.2. The van der Waals surface area contributed by atoms with Gasteiger partial charge in [0.15, 0.2) is 24.6 Å². The molecule has 0 aromatic carbocycles. The smallest absolute Gasteiger partial charge is 0.335 e. The molecule has 12 nitrogen and oxygen atoms in total. The van der Waals surface area contributed by atoms with Gasteiger partial charge in [-0.15, -0.1) is 0 Å². The van der Waals surface area contributed by atoms with Crippen molar-refractivity contribution in [3.05, 3.63) is 72.9 Å². The van der Waals surface area contributed by atoms with Crippen LogP contribution in [-0.2, 0) is 42.9 Å². The Morgan fingerprint density at radius 3 is 1.22 bits per heavy atom. The Hall–Kier alpha value is -3.84. The molecule has 0 amide bonds. The third-order valence-electron chi connectivity index (χ3n) is 14.8. The van der Waals surface area contributed by atoms with Gasteiger partial charge in [-0.1, -0.05) is 254 Å². The van der Waals surface area contributed by atoms with E-state index in [2.05, 4.69) is 93.7 Å². The standard InChI is InChI=1S/C69H118O12/c1-4-7-10-13-16-19-22-25-27-29-31-33-35-38-40-43-46-49-52-55-61(70)77-58-60(79-62(71)56-53-50-47-44-41-37-24-21-18-15-12-9-6-3)59-78-69-67(65(74)64(73)66(81-69)68(75)76)80-63(72)57-54-51-48-45-42-39-36-34-32-30-28-26-23-20-17-14-11-8-5-2/h9,12,16,18-19,21,25,27,31,33,37,41,60,64-67,69,73-74H,4-8,10-11,13-15,17,20,22-24,26,28-30,32,34-36,38-40,42-59H2,1-3H3,(H,75,76)/b12-9-,19-16-,21-18-,27-25-,33-31-,41-37-. The number of carboxylic acids is 1. The van der Waals surface area contributed by atoms with Crippen molar-refractivity contribution >= 4 is 23.9 Å². The number of aliphatic hydroxyl groups is 2. The van der Waals surface area contributed by atoms with Crippen LogP contribution >= 0.6 is 0 Å². The van der Waals surface area contributed by atoms with Crippen molar-refractivity contribution in [1.82, 2.24) is 0 Å². The minimum atomic E-state index is -1.91. The number of aliphatic carboxylic acids is 1. The highest BCUT2D eigenvalue weighted by Crippen LogP contribution is 2.27. The van der Waals surface area contributed by atoms with Gasteiger partial charge in [-0.2, -0.15) is 0 Å². The summed E-state index contributed by atoms with van der Waals surface area (Å²) in [7, 11) is 0. The van der Waals surface area contributed by atoms with E-state index in [4.69, 9.17) is 23.7 Å². The van der Waals surface area contributed by atoms with Crippen LogP contribution in [0.2, 0.25) is 0 Å². The predicted octanol–water partition coefficient (Wildman–Crippen LogP) is 17.7. The number of carboxylic acid groups (broad SMARTS) is 1. The lowest BCUT2D eigenvalue weighted by atomic mass is 9.98. The molecule has 0 aromatic rings. The van der Waals surface area contributed by atoms with Gasteiger partial charge in [0.2, 0.25) is 0 Å². The zero-order valence-electron chi connectivity index (χ0n) is 51.5. The summed E-state index contributed by atoms with van der Waals surface area (Å²) in [6.07, 6.45) is 60.1. The van der Waals surface area contributed by atoms with Crippen LogP contribution in [0.4, 0.5) is 0 Å². The van der Waals surface area contributed by atoms with Gasteiger partial charge in [-0.05, 0) is 89.9 Å². The Labute approximate surface area is 493 Å². The van der Waals surface area contributed by atoms with E-state index in [9.17, 15) is 34.5 Å². The lowest BCUT2D eigenvalue weighted by Crippen LogP contribution is -2.61. The van der Waals surface area contributed by atoms with Crippen molar-refractivity contribution < 1.29 is 58.2 Å². The molecular weight excluding hydrogens is 1020 g/mol. The molecule has 1 aliphatic rings. The van der Waals surface area contributed by atoms with E-state index in [1.807, 2.05) is 0 Å². The van der Waals surface area contributed by atoms with Crippen LogP contribution < -0.4 is 0 Å². The van der Waals surface area contributed by atoms with Crippen molar-refractivity contribution in [3.63, 3.8) is 0 Å². The lowest BCUT2D eigenvalue weighted by Gasteiger charge is -2.40. The number of ether oxygens (including phenoxy) is 5. The molecule has 0 aliphatic carbocycles. The number of unbranched alkanes of at least 4 members (excludes halogenated alkanes) is 30. The van der Waals surface area contributed by atoms with Crippen molar-refractivity contribution in [3.8, 4) is 0 Å². The molecule has 3 N–H and O–H groups in total. The Balaban J connectivity index is 2.64. The first-order valence-corrected chi connectivity index (χ1v) is 32.9. The second kappa shape index (κ2) is 56.6. The van der Waals surface area contributed by atoms with Crippen LogP contribution in [0.5, 0.6) is 0 Å². The fourth-order valence-electron chi connectivity index (χ4n) is 9.74. The van der Waals surface area contributed by atoms with Crippen molar-refractivity contribution in [1.29, 1.82) is 0 Å². The average molecular weight is 1140 g/mol. The molecule has 0 spiro atoms. The molecule has 1 saturated heterocycles. The summed E-state index contributed by atoms with van der Waals surface area (Å²) in [5.41, 5.74) is 0. The maximum Gasteiger partial charge on any atom is 0.335 e. The Kier molecular flexibility index (Phi) is 52.6. The van der Waals surface area contributed by atoms with Crippen LogP contribution in [-0.4, -0.2) is 89.2 Å². The number of hydrogen-bond donors (Lipinski definition) is 3. The first kappa shape index (κ1) is 75.2. The van der Waals surface area contributed by atoms with Crippen molar-refractivity contribution in [2.75, 3.05) is 13.2 Å². The van der Waals surface area contributed by atoms with Gasteiger partial charge in [0.1, 0.15) is 18.8 Å². The van der Waals surface area contributed by atoms with E-state index in [0.29, 0.717) is 19.3 Å². The fourth-order valence-corrected chi connectivity index (χ4v) is 9.74. The molecule has 0 bridgehead atoms. The highest BCUT2D eigenvalue weighted by Gasteiger charge is 2.50. The number of carbonyl (C=O) groups excluding carboxylic acids is 3. The van der Waals surface area contributed by atoms with Gasteiger partial charge in [0, 0.05) is 19.3 Å². The van der Waals surface area contributed by atoms with Gasteiger partial charge >= 0.3 is 23.9 Å². The Morgan fingerprint density at radius 1 is 0.420 bits per heavy atom. The number of hydrogen-bond acceptors (Lipinski definition) is 11. The topological polar surface area (TPSA) is 175 Å². The van der Waals surface area contributed by atoms with Gasteiger partial charge in [0.25, 0.3) is 0 Å². The van der Waals surface area contributed by atoms with Gasteiger partial charge in [0.05, 0.1) is 6.61 Å². The summed E-state index contributed by atoms with van der Waals surface area (Å²) < 4.78 is 28.5. The first-order chi connectivity index (χ1) is 39.6. The van der Waals surface area contributed by atoms with Gasteiger partial charge in [-0.3, -0.25) is 14.4 Å². The molecular formula is C69H118O12. The van der Waals surface area contributed by atoms with Crippen molar-refractivity contribution in [2.24, 2.45) is 0 Å². The average Bonchev–Trinajstić information content (AvgIpc) is 3.54. The van der Waals surface area contributed by atoms with Crippen LogP contribution in [0, 0.1) is 0 Å². The summed E-state index contributed by atoms with van der Waals surface area (Å²) in [5, 5.41) is 31.6. The molecule has 81 heavy (non-hydrogen) atoms. The second-order valence-corrected chi connectivity index (χ2v) is 22.4. The molecule has 0 radical (unpaired) electrons. The van der Waals surface area contributed by atoms with E-state index < -0.39 is 67.3 Å². The monoisotopic (exact) mass is 1140 g/mol. The molecule has 0 saturated carbocycles. The second-order valence-electron chi connectivity index (χ2n) is 22.4. The number of esters is 3. The Bertz CT molecular complexity index is 1680. The lowest BCUT2D eigenvalue weighted by molar-refractivity contribution is -0.301. The molecule has 466 valence electrons. The number of carbonyl (C=O) groups is 4. The summed E-state index contributed by atoms with van der Waals surface area (Å²) in [4.78, 5) is 51.3. The number of allylic oxidation sites excluding steroid dienone is 12. The zero-order valence-corrected chi connectivity index (χ0v) is 51.5. The summed E-state index contributed by atoms with van der Waals surface area (Å²) in [6, 6.07) is 0. The van der Waals surface area contributed by atoms with E-state index in [1.165, 1.54) is 116 Å². The molecule has 1 aliphatic heterocycles. The molecule has 6 atom stereocenters. The fraction of sp³-hybridized carbons (Fsp3) is 0.768. The van der Waals surface area contributed by atoms with E-state index in [-0.39, 0.29) is 25.9 Å². The SMILES string of the molecule is CC/C=C\C/C=C\C/C=C\CCCCCC(=O)OC(COC(=O)CCCCCCCC/C=C\C/C=C\C/C=C\CCCCC)COC1OC(C(=O)O)C(O)C(O)C1OC(=O)CCCCCCCCCCCCCCCCCCCCC. The highest BCUT2D eigenvalue weighted by atomic mass is 16.7.